The minimum atomic E-state index is -0.270. The van der Waals surface area contributed by atoms with Crippen molar-refractivity contribution in [3.63, 3.8) is 0 Å². The van der Waals surface area contributed by atoms with Gasteiger partial charge in [0, 0.05) is 23.6 Å². The summed E-state index contributed by atoms with van der Waals surface area (Å²) in [4.78, 5) is 12.0. The lowest BCUT2D eigenvalue weighted by Gasteiger charge is -2.27. The van der Waals surface area contributed by atoms with Crippen LogP contribution in [0.2, 0.25) is 0 Å². The van der Waals surface area contributed by atoms with E-state index in [1.807, 2.05) is 24.3 Å². The number of rotatable bonds is 4. The predicted octanol–water partition coefficient (Wildman–Crippen LogP) is 3.15. The Balaban J connectivity index is 2.11. The molecule has 5 heteroatoms. The first kappa shape index (κ1) is 15.2. The van der Waals surface area contributed by atoms with Crippen molar-refractivity contribution in [1.29, 1.82) is 0 Å². The van der Waals surface area contributed by atoms with E-state index in [2.05, 4.69) is 0 Å². The van der Waals surface area contributed by atoms with E-state index >= 15 is 0 Å². The van der Waals surface area contributed by atoms with Crippen LogP contribution in [-0.2, 0) is 4.79 Å². The molecule has 0 radical (unpaired) electrons. The monoisotopic (exact) mass is 314 g/mol. The molecule has 0 aromatic heterocycles. The third kappa shape index (κ3) is 2.82. The molecule has 1 atom stereocenters. The van der Waals surface area contributed by atoms with Gasteiger partial charge in [-0.2, -0.15) is 0 Å². The lowest BCUT2D eigenvalue weighted by Crippen LogP contribution is -2.21. The van der Waals surface area contributed by atoms with Gasteiger partial charge >= 0.3 is 5.97 Å². The maximum absolute atomic E-state index is 12.0. The van der Waals surface area contributed by atoms with Crippen LogP contribution in [0.15, 0.2) is 36.4 Å². The second-order valence-corrected chi connectivity index (χ2v) is 5.25. The number of esters is 1. The zero-order valence-corrected chi connectivity index (χ0v) is 13.3. The molecule has 120 valence electrons. The molecule has 2 aromatic carbocycles. The molecule has 0 unspecified atom stereocenters. The van der Waals surface area contributed by atoms with Crippen molar-refractivity contribution >= 4 is 5.97 Å². The summed E-state index contributed by atoms with van der Waals surface area (Å²) in [7, 11) is 4.78. The highest BCUT2D eigenvalue weighted by atomic mass is 16.5. The number of benzene rings is 2. The fraction of sp³-hybridized carbons (Fsp3) is 0.278. The molecule has 5 nitrogen and oxygen atoms in total. The van der Waals surface area contributed by atoms with Gasteiger partial charge in [-0.3, -0.25) is 4.79 Å². The van der Waals surface area contributed by atoms with Gasteiger partial charge in [-0.1, -0.05) is 12.1 Å². The van der Waals surface area contributed by atoms with Gasteiger partial charge in [0.25, 0.3) is 0 Å². The van der Waals surface area contributed by atoms with E-state index in [4.69, 9.17) is 18.9 Å². The van der Waals surface area contributed by atoms with E-state index in [1.54, 1.807) is 33.5 Å². The largest absolute Gasteiger partial charge is 0.497 e. The van der Waals surface area contributed by atoms with Crippen molar-refractivity contribution < 1.29 is 23.7 Å². The lowest BCUT2D eigenvalue weighted by atomic mass is 9.85. The highest BCUT2D eigenvalue weighted by molar-refractivity contribution is 5.79. The molecule has 23 heavy (non-hydrogen) atoms. The molecule has 0 spiro atoms. The summed E-state index contributed by atoms with van der Waals surface area (Å²) in [5, 5.41) is 0. The van der Waals surface area contributed by atoms with Crippen molar-refractivity contribution in [3.8, 4) is 23.0 Å². The highest BCUT2D eigenvalue weighted by Gasteiger charge is 2.32. The zero-order chi connectivity index (χ0) is 16.4. The molecule has 0 bridgehead atoms. The van der Waals surface area contributed by atoms with Crippen molar-refractivity contribution in [2.24, 2.45) is 0 Å². The van der Waals surface area contributed by atoms with Crippen LogP contribution in [0.3, 0.4) is 0 Å². The van der Waals surface area contributed by atoms with Gasteiger partial charge in [-0.15, -0.1) is 0 Å². The topological polar surface area (TPSA) is 54.0 Å². The molecule has 1 heterocycles. The molecule has 0 saturated carbocycles. The Bertz CT molecular complexity index is 721. The maximum atomic E-state index is 12.0. The summed E-state index contributed by atoms with van der Waals surface area (Å²) in [6.45, 7) is 0. The normalized spacial score (nSPS) is 16.3. The van der Waals surface area contributed by atoms with E-state index in [0.717, 1.165) is 16.9 Å². The van der Waals surface area contributed by atoms with Crippen LogP contribution in [0.4, 0.5) is 0 Å². The molecule has 0 fully saturated rings. The standard InChI is InChI=1S/C18H18O5/c1-20-12-6-4-11(5-7-12)14-10-17(19)23-16-9-13(21-2)8-15(22-3)18(14)16/h4-9,14H,10H2,1-3H3/t14-/m0/s1. The first-order chi connectivity index (χ1) is 11.2. The zero-order valence-electron chi connectivity index (χ0n) is 13.3. The van der Waals surface area contributed by atoms with Crippen molar-refractivity contribution in [2.75, 3.05) is 21.3 Å². The van der Waals surface area contributed by atoms with Gasteiger partial charge in [0.2, 0.25) is 0 Å². The first-order valence-electron chi connectivity index (χ1n) is 7.26. The SMILES string of the molecule is COc1ccc([C@@H]2CC(=O)Oc3cc(OC)cc(OC)c32)cc1. The average Bonchev–Trinajstić information content (AvgIpc) is 2.59. The van der Waals surface area contributed by atoms with Crippen molar-refractivity contribution in [1.82, 2.24) is 0 Å². The van der Waals surface area contributed by atoms with Crippen molar-refractivity contribution in [2.45, 2.75) is 12.3 Å². The third-order valence-corrected chi connectivity index (χ3v) is 3.99. The Labute approximate surface area is 134 Å². The predicted molar refractivity (Wildman–Crippen MR) is 84.6 cm³/mol. The van der Waals surface area contributed by atoms with Crippen LogP contribution in [0.1, 0.15) is 23.5 Å². The molecular formula is C18H18O5. The van der Waals surface area contributed by atoms with Gasteiger partial charge in [0.05, 0.1) is 27.8 Å². The number of fused-ring (bicyclic) bond motifs is 1. The molecule has 2 aromatic rings. The fourth-order valence-corrected chi connectivity index (χ4v) is 2.85. The Hall–Kier alpha value is -2.69. The molecule has 0 amide bonds. The van der Waals surface area contributed by atoms with Crippen LogP contribution >= 0.6 is 0 Å². The summed E-state index contributed by atoms with van der Waals surface area (Å²) >= 11 is 0. The Morgan fingerprint density at radius 2 is 1.65 bits per heavy atom. The van der Waals surface area contributed by atoms with E-state index in [9.17, 15) is 4.79 Å². The summed E-state index contributed by atoms with van der Waals surface area (Å²) in [5.41, 5.74) is 1.87. The van der Waals surface area contributed by atoms with Crippen molar-refractivity contribution in [3.05, 3.63) is 47.5 Å². The molecule has 3 rings (SSSR count). The Morgan fingerprint density at radius 1 is 0.957 bits per heavy atom. The second kappa shape index (κ2) is 6.20. The molecule has 0 N–H and O–H groups in total. The molecule has 1 aliphatic heterocycles. The van der Waals surface area contributed by atoms with Crippen LogP contribution in [-0.4, -0.2) is 27.3 Å². The van der Waals surface area contributed by atoms with Gasteiger partial charge in [0.15, 0.2) is 0 Å². The van der Waals surface area contributed by atoms with Crippen LogP contribution in [0, 0.1) is 0 Å². The summed E-state index contributed by atoms with van der Waals surface area (Å²) in [6, 6.07) is 11.2. The number of methoxy groups -OCH3 is 3. The Kier molecular flexibility index (Phi) is 4.10. The van der Waals surface area contributed by atoms with Gasteiger partial charge in [-0.05, 0) is 17.7 Å². The lowest BCUT2D eigenvalue weighted by molar-refractivity contribution is -0.135. The maximum Gasteiger partial charge on any atom is 0.312 e. The van der Waals surface area contributed by atoms with Gasteiger partial charge < -0.3 is 18.9 Å². The number of hydrogen-bond acceptors (Lipinski definition) is 5. The van der Waals surface area contributed by atoms with Gasteiger partial charge in [0.1, 0.15) is 23.0 Å². The second-order valence-electron chi connectivity index (χ2n) is 5.25. The van der Waals surface area contributed by atoms with E-state index < -0.39 is 0 Å². The minimum Gasteiger partial charge on any atom is -0.497 e. The summed E-state index contributed by atoms with van der Waals surface area (Å²) in [6.07, 6.45) is 0.266. The van der Waals surface area contributed by atoms with Crippen LogP contribution in [0.5, 0.6) is 23.0 Å². The van der Waals surface area contributed by atoms with E-state index in [0.29, 0.717) is 17.2 Å². The number of hydrogen-bond donors (Lipinski definition) is 0. The number of ether oxygens (including phenoxy) is 4. The number of carbonyl (C=O) groups is 1. The molecule has 0 aliphatic carbocycles. The van der Waals surface area contributed by atoms with Crippen LogP contribution < -0.4 is 18.9 Å². The van der Waals surface area contributed by atoms with Gasteiger partial charge in [-0.25, -0.2) is 0 Å². The molecule has 1 aliphatic rings. The smallest absolute Gasteiger partial charge is 0.312 e. The third-order valence-electron chi connectivity index (χ3n) is 3.99. The molecule has 0 saturated heterocycles. The average molecular weight is 314 g/mol. The quantitative estimate of drug-likeness (QED) is 0.641. The Morgan fingerprint density at radius 3 is 2.26 bits per heavy atom. The summed E-state index contributed by atoms with van der Waals surface area (Å²) < 4.78 is 21.3. The van der Waals surface area contributed by atoms with Crippen LogP contribution in [0.25, 0.3) is 0 Å². The fourth-order valence-electron chi connectivity index (χ4n) is 2.85. The number of carbonyl (C=O) groups excluding carboxylic acids is 1. The van der Waals surface area contributed by atoms with E-state index in [1.165, 1.54) is 0 Å². The first-order valence-corrected chi connectivity index (χ1v) is 7.26. The minimum absolute atomic E-state index is 0.127. The molecular weight excluding hydrogens is 296 g/mol. The van der Waals surface area contributed by atoms with E-state index in [-0.39, 0.29) is 18.3 Å². The summed E-state index contributed by atoms with van der Waals surface area (Å²) in [5.74, 6) is 2.09. The highest BCUT2D eigenvalue weighted by Crippen LogP contribution is 2.46.